The molecule has 0 heterocycles. The van der Waals surface area contributed by atoms with Gasteiger partial charge in [-0.05, 0) is 36.4 Å². The number of hydrogen-bond donors (Lipinski definition) is 3. The summed E-state index contributed by atoms with van der Waals surface area (Å²) in [5.74, 6) is 0.295. The molecular formula is C20H18N4O6S. The number of sulfonamides is 1. The average Bonchev–Trinajstić information content (AvgIpc) is 2.75. The second kappa shape index (κ2) is 9.13. The number of nitro groups is 1. The van der Waals surface area contributed by atoms with Crippen LogP contribution in [0.2, 0.25) is 0 Å². The summed E-state index contributed by atoms with van der Waals surface area (Å²) in [5, 5.41) is 25.1. The van der Waals surface area contributed by atoms with E-state index in [1.807, 2.05) is 0 Å². The highest BCUT2D eigenvalue weighted by Crippen LogP contribution is 2.30. The fourth-order valence-corrected chi connectivity index (χ4v) is 3.71. The zero-order valence-electron chi connectivity index (χ0n) is 16.2. The molecule has 3 N–H and O–H groups in total. The molecule has 0 radical (unpaired) electrons. The van der Waals surface area contributed by atoms with Crippen molar-refractivity contribution in [3.05, 3.63) is 82.4 Å². The number of phenols is 1. The van der Waals surface area contributed by atoms with Crippen molar-refractivity contribution in [2.75, 3.05) is 17.3 Å². The van der Waals surface area contributed by atoms with Gasteiger partial charge in [0, 0.05) is 11.6 Å². The molecule has 3 aromatic carbocycles. The van der Waals surface area contributed by atoms with Gasteiger partial charge in [0.1, 0.15) is 17.2 Å². The van der Waals surface area contributed by atoms with Gasteiger partial charge in [-0.2, -0.15) is 5.10 Å². The second-order valence-electron chi connectivity index (χ2n) is 6.17. The summed E-state index contributed by atoms with van der Waals surface area (Å²) in [6.45, 7) is 0. The number of phenolic OH excluding ortho intramolecular Hbond substituents is 1. The van der Waals surface area contributed by atoms with Crippen LogP contribution in [0.5, 0.6) is 11.5 Å². The molecule has 0 aliphatic carbocycles. The van der Waals surface area contributed by atoms with Crippen LogP contribution in [-0.4, -0.2) is 31.8 Å². The number of hydrazone groups is 1. The van der Waals surface area contributed by atoms with Gasteiger partial charge in [-0.15, -0.1) is 0 Å². The highest BCUT2D eigenvalue weighted by Gasteiger charge is 2.22. The van der Waals surface area contributed by atoms with Gasteiger partial charge in [-0.1, -0.05) is 24.3 Å². The number of anilines is 2. The van der Waals surface area contributed by atoms with Crippen LogP contribution < -0.4 is 14.9 Å². The zero-order valence-corrected chi connectivity index (χ0v) is 17.0. The number of benzene rings is 3. The van der Waals surface area contributed by atoms with Gasteiger partial charge in [0.15, 0.2) is 0 Å². The first-order valence-electron chi connectivity index (χ1n) is 8.83. The quantitative estimate of drug-likeness (QED) is 0.275. The van der Waals surface area contributed by atoms with E-state index in [9.17, 15) is 23.6 Å². The molecular weight excluding hydrogens is 424 g/mol. The summed E-state index contributed by atoms with van der Waals surface area (Å²) in [6, 6.07) is 16.2. The van der Waals surface area contributed by atoms with Crippen molar-refractivity contribution in [2.45, 2.75) is 4.90 Å². The molecule has 0 fully saturated rings. The summed E-state index contributed by atoms with van der Waals surface area (Å²) < 4.78 is 32.9. The summed E-state index contributed by atoms with van der Waals surface area (Å²) in [7, 11) is -2.72. The fourth-order valence-electron chi connectivity index (χ4n) is 2.62. The number of rotatable bonds is 8. The monoisotopic (exact) mass is 442 g/mol. The molecule has 0 aliphatic rings. The lowest BCUT2D eigenvalue weighted by atomic mass is 10.2. The third-order valence-corrected chi connectivity index (χ3v) is 5.52. The normalized spacial score (nSPS) is 11.3. The van der Waals surface area contributed by atoms with Gasteiger partial charge in [-0.3, -0.25) is 20.3 Å². The van der Waals surface area contributed by atoms with Gasteiger partial charge >= 0.3 is 0 Å². The predicted octanol–water partition coefficient (Wildman–Crippen LogP) is 3.56. The third kappa shape index (κ3) is 5.08. The highest BCUT2D eigenvalue weighted by molar-refractivity contribution is 7.92. The van der Waals surface area contributed by atoms with Gasteiger partial charge in [0.2, 0.25) is 0 Å². The van der Waals surface area contributed by atoms with Crippen molar-refractivity contribution in [3.63, 3.8) is 0 Å². The standard InChI is InChI=1S/C20H18N4O6S/c1-30-20-9-5-3-7-17(20)23-31(28,29)15-10-11-16(18(12-15)24(26)27)22-21-13-14-6-2-4-8-19(14)25/h2-13,22-23,25H,1H3/b21-13+. The van der Waals surface area contributed by atoms with E-state index in [-0.39, 0.29) is 22.0 Å². The molecule has 0 saturated heterocycles. The smallest absolute Gasteiger partial charge is 0.295 e. The Labute approximate surface area is 178 Å². The highest BCUT2D eigenvalue weighted by atomic mass is 32.2. The molecule has 3 aromatic rings. The summed E-state index contributed by atoms with van der Waals surface area (Å²) in [4.78, 5) is 10.5. The van der Waals surface area contributed by atoms with Gasteiger partial charge < -0.3 is 9.84 Å². The Morgan fingerprint density at radius 3 is 2.48 bits per heavy atom. The van der Waals surface area contributed by atoms with Crippen molar-refractivity contribution in [1.29, 1.82) is 0 Å². The Bertz CT molecular complexity index is 1240. The largest absolute Gasteiger partial charge is 0.507 e. The topological polar surface area (TPSA) is 143 Å². The number of nitro benzene ring substituents is 1. The minimum Gasteiger partial charge on any atom is -0.507 e. The van der Waals surface area contributed by atoms with Crippen molar-refractivity contribution < 1.29 is 23.2 Å². The van der Waals surface area contributed by atoms with Crippen molar-refractivity contribution in [2.24, 2.45) is 5.10 Å². The SMILES string of the molecule is COc1ccccc1NS(=O)(=O)c1ccc(N/N=C/c2ccccc2O)c([N+](=O)[O-])c1. The molecule has 0 spiro atoms. The summed E-state index contributed by atoms with van der Waals surface area (Å²) >= 11 is 0. The van der Waals surface area contributed by atoms with Gasteiger partial charge in [0.05, 0.1) is 28.8 Å². The average molecular weight is 442 g/mol. The molecule has 0 aliphatic heterocycles. The van der Waals surface area contributed by atoms with E-state index in [0.717, 1.165) is 6.07 Å². The number of nitrogens with zero attached hydrogens (tertiary/aromatic N) is 2. The van der Waals surface area contributed by atoms with E-state index in [0.29, 0.717) is 11.3 Å². The maximum atomic E-state index is 12.7. The molecule has 31 heavy (non-hydrogen) atoms. The van der Waals surface area contributed by atoms with Gasteiger partial charge in [0.25, 0.3) is 15.7 Å². The third-order valence-electron chi connectivity index (χ3n) is 4.15. The van der Waals surface area contributed by atoms with Crippen LogP contribution in [0.4, 0.5) is 17.1 Å². The van der Waals surface area contributed by atoms with Crippen LogP contribution in [-0.2, 0) is 10.0 Å². The molecule has 0 saturated carbocycles. The molecule has 3 rings (SSSR count). The Kier molecular flexibility index (Phi) is 6.36. The molecule has 0 bridgehead atoms. The zero-order chi connectivity index (χ0) is 22.4. The first-order valence-corrected chi connectivity index (χ1v) is 10.3. The lowest BCUT2D eigenvalue weighted by Gasteiger charge is -2.12. The minimum absolute atomic E-state index is 0.00796. The number of hydrogen-bond acceptors (Lipinski definition) is 8. The maximum absolute atomic E-state index is 12.7. The second-order valence-corrected chi connectivity index (χ2v) is 7.85. The van der Waals surface area contributed by atoms with Crippen LogP contribution in [0.15, 0.2) is 76.7 Å². The Morgan fingerprint density at radius 1 is 1.06 bits per heavy atom. The molecule has 0 amide bonds. The number of para-hydroxylation sites is 3. The first kappa shape index (κ1) is 21.6. The summed E-state index contributed by atoms with van der Waals surface area (Å²) in [5.41, 5.74) is 2.59. The molecule has 0 atom stereocenters. The van der Waals surface area contributed by atoms with Crippen LogP contribution in [0, 0.1) is 10.1 Å². The molecule has 10 nitrogen and oxygen atoms in total. The van der Waals surface area contributed by atoms with E-state index in [4.69, 9.17) is 4.74 Å². The van der Waals surface area contributed by atoms with Crippen molar-refractivity contribution in [1.82, 2.24) is 0 Å². The number of aromatic hydroxyl groups is 1. The van der Waals surface area contributed by atoms with Gasteiger partial charge in [-0.25, -0.2) is 8.42 Å². The van der Waals surface area contributed by atoms with Crippen molar-refractivity contribution >= 4 is 33.3 Å². The molecule has 0 aromatic heterocycles. The fraction of sp³-hybridized carbons (Fsp3) is 0.0500. The van der Waals surface area contributed by atoms with Crippen molar-refractivity contribution in [3.8, 4) is 11.5 Å². The number of nitrogens with one attached hydrogen (secondary N) is 2. The number of ether oxygens (including phenoxy) is 1. The van der Waals surface area contributed by atoms with Crippen LogP contribution in [0.1, 0.15) is 5.56 Å². The van der Waals surface area contributed by atoms with Crippen LogP contribution in [0.25, 0.3) is 0 Å². The predicted molar refractivity (Wildman–Crippen MR) is 116 cm³/mol. The molecule has 160 valence electrons. The molecule has 0 unspecified atom stereocenters. The number of methoxy groups -OCH3 is 1. The molecule has 11 heteroatoms. The lowest BCUT2D eigenvalue weighted by molar-refractivity contribution is -0.384. The lowest BCUT2D eigenvalue weighted by Crippen LogP contribution is -2.14. The summed E-state index contributed by atoms with van der Waals surface area (Å²) in [6.07, 6.45) is 1.28. The minimum atomic E-state index is -4.12. The van der Waals surface area contributed by atoms with E-state index >= 15 is 0 Å². The van der Waals surface area contributed by atoms with E-state index < -0.39 is 20.6 Å². The Balaban J connectivity index is 1.87. The van der Waals surface area contributed by atoms with Crippen LogP contribution >= 0.6 is 0 Å². The Hall–Kier alpha value is -4.12. The van der Waals surface area contributed by atoms with E-state index in [1.165, 1.54) is 37.6 Å². The van der Waals surface area contributed by atoms with E-state index in [1.54, 1.807) is 36.4 Å². The van der Waals surface area contributed by atoms with E-state index in [2.05, 4.69) is 15.2 Å². The Morgan fingerprint density at radius 2 is 1.77 bits per heavy atom. The van der Waals surface area contributed by atoms with Crippen LogP contribution in [0.3, 0.4) is 0 Å². The maximum Gasteiger partial charge on any atom is 0.295 e. The first-order chi connectivity index (χ1) is 14.8.